The molecule has 0 N–H and O–H groups in total. The zero-order valence-electron chi connectivity index (χ0n) is 16.9. The van der Waals surface area contributed by atoms with Crippen LogP contribution in [0.1, 0.15) is 37.4 Å². The Hall–Kier alpha value is -3.86. The Morgan fingerprint density at radius 1 is 1.00 bits per heavy atom. The number of hydrogen-bond acceptors (Lipinski definition) is 5. The summed E-state index contributed by atoms with van der Waals surface area (Å²) in [5, 5.41) is 0. The van der Waals surface area contributed by atoms with Crippen molar-refractivity contribution in [3.63, 3.8) is 0 Å². The minimum absolute atomic E-state index is 0.189. The highest BCUT2D eigenvalue weighted by Crippen LogP contribution is 2.38. The van der Waals surface area contributed by atoms with E-state index in [4.69, 9.17) is 14.2 Å². The first kappa shape index (κ1) is 19.5. The number of carbonyl (C=O) groups excluding carboxylic acids is 2. The van der Waals surface area contributed by atoms with Crippen LogP contribution in [0.2, 0.25) is 0 Å². The summed E-state index contributed by atoms with van der Waals surface area (Å²) in [6.45, 7) is 3.79. The molecule has 0 saturated carbocycles. The van der Waals surface area contributed by atoms with E-state index in [0.717, 1.165) is 11.1 Å². The Morgan fingerprint density at radius 3 is 2.47 bits per heavy atom. The Labute approximate surface area is 174 Å². The van der Waals surface area contributed by atoms with Gasteiger partial charge in [-0.15, -0.1) is 0 Å². The summed E-state index contributed by atoms with van der Waals surface area (Å²) < 4.78 is 16.5. The van der Waals surface area contributed by atoms with Crippen LogP contribution in [-0.4, -0.2) is 18.9 Å². The standard InChI is InChI=1S/C25H20O5/c1-15-8-10-17(11-9-15)13-22-24(26)23-16(2)12-18(14-21(23)30-22)29-25(27)19-6-4-5-7-20(19)28-3/h4-14H,1-3H3/b22-13-. The lowest BCUT2D eigenvalue weighted by molar-refractivity contribution is 0.0731. The van der Waals surface area contributed by atoms with Crippen LogP contribution in [0.5, 0.6) is 17.2 Å². The summed E-state index contributed by atoms with van der Waals surface area (Å²) >= 11 is 0. The third kappa shape index (κ3) is 3.70. The van der Waals surface area contributed by atoms with Crippen molar-refractivity contribution < 1.29 is 23.8 Å². The molecule has 0 aromatic heterocycles. The van der Waals surface area contributed by atoms with Gasteiger partial charge in [-0.05, 0) is 49.2 Å². The fourth-order valence-corrected chi connectivity index (χ4v) is 3.33. The van der Waals surface area contributed by atoms with E-state index in [9.17, 15) is 9.59 Å². The predicted molar refractivity (Wildman–Crippen MR) is 113 cm³/mol. The third-order valence-electron chi connectivity index (χ3n) is 4.86. The Balaban J connectivity index is 1.61. The van der Waals surface area contributed by atoms with E-state index in [1.165, 1.54) is 7.11 Å². The number of para-hydroxylation sites is 1. The van der Waals surface area contributed by atoms with E-state index >= 15 is 0 Å². The van der Waals surface area contributed by atoms with Gasteiger partial charge < -0.3 is 14.2 Å². The maximum Gasteiger partial charge on any atom is 0.347 e. The first-order chi connectivity index (χ1) is 14.5. The van der Waals surface area contributed by atoms with E-state index in [1.807, 2.05) is 31.2 Å². The number of carbonyl (C=O) groups is 2. The van der Waals surface area contributed by atoms with Crippen LogP contribution in [0.4, 0.5) is 0 Å². The molecule has 1 aliphatic rings. The van der Waals surface area contributed by atoms with Crippen molar-refractivity contribution in [2.75, 3.05) is 7.11 Å². The molecule has 0 radical (unpaired) electrons. The van der Waals surface area contributed by atoms with E-state index in [2.05, 4.69) is 0 Å². The predicted octanol–water partition coefficient (Wildman–Crippen LogP) is 5.15. The van der Waals surface area contributed by atoms with Crippen LogP contribution in [0, 0.1) is 13.8 Å². The number of allylic oxidation sites excluding steroid dienone is 1. The molecular formula is C25H20O5. The molecule has 0 amide bonds. The molecule has 4 rings (SSSR count). The van der Waals surface area contributed by atoms with Gasteiger partial charge in [0, 0.05) is 6.07 Å². The Morgan fingerprint density at radius 2 is 1.73 bits per heavy atom. The number of benzene rings is 3. The van der Waals surface area contributed by atoms with Crippen LogP contribution >= 0.6 is 0 Å². The maximum atomic E-state index is 12.8. The fraction of sp³-hybridized carbons (Fsp3) is 0.120. The van der Waals surface area contributed by atoms with E-state index < -0.39 is 5.97 Å². The molecule has 0 atom stereocenters. The fourth-order valence-electron chi connectivity index (χ4n) is 3.33. The van der Waals surface area contributed by atoms with Gasteiger partial charge in [-0.25, -0.2) is 4.79 Å². The number of ketones is 1. The quantitative estimate of drug-likeness (QED) is 0.344. The number of ether oxygens (including phenoxy) is 3. The lowest BCUT2D eigenvalue weighted by atomic mass is 10.0. The van der Waals surface area contributed by atoms with Gasteiger partial charge in [0.2, 0.25) is 5.78 Å². The Kier molecular flexibility index (Phi) is 5.11. The topological polar surface area (TPSA) is 61.8 Å². The second-order valence-corrected chi connectivity index (χ2v) is 7.05. The van der Waals surface area contributed by atoms with E-state index in [-0.39, 0.29) is 11.5 Å². The van der Waals surface area contributed by atoms with Gasteiger partial charge >= 0.3 is 5.97 Å². The second-order valence-electron chi connectivity index (χ2n) is 7.05. The zero-order valence-corrected chi connectivity index (χ0v) is 16.9. The first-order valence-corrected chi connectivity index (χ1v) is 9.47. The molecule has 1 aliphatic heterocycles. The number of esters is 1. The van der Waals surface area contributed by atoms with Crippen LogP contribution < -0.4 is 14.2 Å². The van der Waals surface area contributed by atoms with Gasteiger partial charge in [0.1, 0.15) is 22.8 Å². The highest BCUT2D eigenvalue weighted by Gasteiger charge is 2.30. The summed E-state index contributed by atoms with van der Waals surface area (Å²) in [5.41, 5.74) is 3.47. The molecule has 3 aromatic rings. The molecule has 0 bridgehead atoms. The molecule has 5 heteroatoms. The van der Waals surface area contributed by atoms with Gasteiger partial charge in [-0.3, -0.25) is 4.79 Å². The summed E-state index contributed by atoms with van der Waals surface area (Å²) in [7, 11) is 1.49. The molecule has 30 heavy (non-hydrogen) atoms. The van der Waals surface area contributed by atoms with Gasteiger partial charge in [-0.2, -0.15) is 0 Å². The highest BCUT2D eigenvalue weighted by molar-refractivity contribution is 6.15. The monoisotopic (exact) mass is 400 g/mol. The van der Waals surface area contributed by atoms with Crippen molar-refractivity contribution in [3.05, 3.63) is 94.2 Å². The average Bonchev–Trinajstić information content (AvgIpc) is 3.05. The van der Waals surface area contributed by atoms with Crippen molar-refractivity contribution >= 4 is 17.8 Å². The minimum atomic E-state index is -0.549. The largest absolute Gasteiger partial charge is 0.496 e. The van der Waals surface area contributed by atoms with Gasteiger partial charge in [0.05, 0.1) is 12.7 Å². The normalized spacial score (nSPS) is 13.7. The second kappa shape index (κ2) is 7.87. The molecule has 0 unspecified atom stereocenters. The van der Waals surface area contributed by atoms with Crippen LogP contribution in [0.25, 0.3) is 6.08 Å². The number of fused-ring (bicyclic) bond motifs is 1. The molecule has 0 spiro atoms. The molecule has 0 fully saturated rings. The number of rotatable bonds is 4. The van der Waals surface area contributed by atoms with Gasteiger partial charge in [-0.1, -0.05) is 42.0 Å². The van der Waals surface area contributed by atoms with Gasteiger partial charge in [0.15, 0.2) is 5.76 Å². The Bertz CT molecular complexity index is 1170. The molecule has 3 aromatic carbocycles. The SMILES string of the molecule is COc1ccccc1C(=O)Oc1cc(C)c2c(c1)O/C(=C\c1ccc(C)cc1)C2=O. The number of methoxy groups -OCH3 is 1. The van der Waals surface area contributed by atoms with Crippen molar-refractivity contribution in [2.45, 2.75) is 13.8 Å². The summed E-state index contributed by atoms with van der Waals surface area (Å²) in [4.78, 5) is 25.4. The van der Waals surface area contributed by atoms with Crippen LogP contribution in [0.3, 0.4) is 0 Å². The summed E-state index contributed by atoms with van der Waals surface area (Å²) in [6, 6.07) is 17.8. The molecule has 0 saturated heterocycles. The van der Waals surface area contributed by atoms with Crippen LogP contribution in [0.15, 0.2) is 66.4 Å². The van der Waals surface area contributed by atoms with E-state index in [0.29, 0.717) is 33.9 Å². The van der Waals surface area contributed by atoms with Crippen molar-refractivity contribution in [3.8, 4) is 17.2 Å². The summed E-state index contributed by atoms with van der Waals surface area (Å²) in [6.07, 6.45) is 1.71. The lowest BCUT2D eigenvalue weighted by Crippen LogP contribution is -2.10. The third-order valence-corrected chi connectivity index (χ3v) is 4.86. The van der Waals surface area contributed by atoms with Crippen LogP contribution in [-0.2, 0) is 0 Å². The first-order valence-electron chi connectivity index (χ1n) is 9.47. The van der Waals surface area contributed by atoms with Crippen molar-refractivity contribution in [1.82, 2.24) is 0 Å². The molecule has 5 nitrogen and oxygen atoms in total. The number of hydrogen-bond donors (Lipinski definition) is 0. The molecule has 1 heterocycles. The van der Waals surface area contributed by atoms with Gasteiger partial charge in [0.25, 0.3) is 0 Å². The smallest absolute Gasteiger partial charge is 0.347 e. The number of aryl methyl sites for hydroxylation is 2. The lowest BCUT2D eigenvalue weighted by Gasteiger charge is -2.10. The van der Waals surface area contributed by atoms with E-state index in [1.54, 1.807) is 49.4 Å². The molecular weight excluding hydrogens is 380 g/mol. The number of Topliss-reactive ketones (excluding diaryl/α,β-unsaturated/α-hetero) is 1. The average molecular weight is 400 g/mol. The van der Waals surface area contributed by atoms with Crippen molar-refractivity contribution in [1.29, 1.82) is 0 Å². The highest BCUT2D eigenvalue weighted by atomic mass is 16.5. The maximum absolute atomic E-state index is 12.8. The van der Waals surface area contributed by atoms with Crippen molar-refractivity contribution in [2.24, 2.45) is 0 Å². The zero-order chi connectivity index (χ0) is 21.3. The minimum Gasteiger partial charge on any atom is -0.496 e. The molecule has 0 aliphatic carbocycles. The molecule has 150 valence electrons. The summed E-state index contributed by atoms with van der Waals surface area (Å²) in [5.74, 6) is 0.602.